The summed E-state index contributed by atoms with van der Waals surface area (Å²) in [5.74, 6) is -0.136. The van der Waals surface area contributed by atoms with Crippen LogP contribution in [-0.2, 0) is 0 Å². The summed E-state index contributed by atoms with van der Waals surface area (Å²) in [6.07, 6.45) is 1.50. The van der Waals surface area contributed by atoms with E-state index < -0.39 is 0 Å². The van der Waals surface area contributed by atoms with Gasteiger partial charge in [-0.3, -0.25) is 0 Å². The van der Waals surface area contributed by atoms with Crippen molar-refractivity contribution in [3.8, 4) is 0 Å². The molecule has 1 aliphatic heterocycles. The number of hydrogen-bond donors (Lipinski definition) is 2. The maximum absolute atomic E-state index is 12.8. The molecule has 1 saturated heterocycles. The van der Waals surface area contributed by atoms with E-state index in [2.05, 4.69) is 5.32 Å². The van der Waals surface area contributed by atoms with Gasteiger partial charge in [0, 0.05) is 12.5 Å². The second kappa shape index (κ2) is 4.73. The fourth-order valence-corrected chi connectivity index (χ4v) is 2.08. The van der Waals surface area contributed by atoms with Crippen molar-refractivity contribution in [2.45, 2.75) is 24.9 Å². The van der Waals surface area contributed by atoms with Gasteiger partial charge in [0.2, 0.25) is 0 Å². The summed E-state index contributed by atoms with van der Waals surface area (Å²) in [6.45, 7) is 1.72. The summed E-state index contributed by atoms with van der Waals surface area (Å²) < 4.78 is 12.8. The van der Waals surface area contributed by atoms with E-state index in [1.54, 1.807) is 12.1 Å². The van der Waals surface area contributed by atoms with Gasteiger partial charge >= 0.3 is 0 Å². The maximum atomic E-state index is 12.8. The van der Waals surface area contributed by atoms with Crippen LogP contribution in [0.5, 0.6) is 0 Å². The number of nitrogens with one attached hydrogen (secondary N) is 1. The third kappa shape index (κ3) is 2.55. The molecule has 1 aliphatic rings. The number of hydrogen-bond acceptors (Lipinski definition) is 2. The van der Waals surface area contributed by atoms with Gasteiger partial charge in [0.05, 0.1) is 6.10 Å². The zero-order valence-electron chi connectivity index (χ0n) is 8.62. The Labute approximate surface area is 89.1 Å². The van der Waals surface area contributed by atoms with Crippen molar-refractivity contribution >= 4 is 0 Å². The van der Waals surface area contributed by atoms with Crippen LogP contribution in [0.3, 0.4) is 0 Å². The molecule has 15 heavy (non-hydrogen) atoms. The van der Waals surface area contributed by atoms with Gasteiger partial charge in [-0.15, -0.1) is 0 Å². The average molecular weight is 209 g/mol. The molecule has 0 bridgehead atoms. The van der Waals surface area contributed by atoms with Gasteiger partial charge in [0.1, 0.15) is 5.82 Å². The van der Waals surface area contributed by atoms with Gasteiger partial charge in [-0.25, -0.2) is 4.39 Å². The van der Waals surface area contributed by atoms with Gasteiger partial charge in [-0.1, -0.05) is 12.1 Å². The molecular weight excluding hydrogens is 193 g/mol. The molecular formula is C12H16FNO. The Hall–Kier alpha value is -0.930. The summed E-state index contributed by atoms with van der Waals surface area (Å²) in [7, 11) is 0. The molecule has 2 unspecified atom stereocenters. The summed E-state index contributed by atoms with van der Waals surface area (Å²) >= 11 is 0. The quantitative estimate of drug-likeness (QED) is 0.737. The monoisotopic (exact) mass is 209 g/mol. The predicted molar refractivity (Wildman–Crippen MR) is 57.3 cm³/mol. The highest BCUT2D eigenvalue weighted by atomic mass is 19.1. The lowest BCUT2D eigenvalue weighted by atomic mass is 9.92. The molecule has 1 aromatic carbocycles. The van der Waals surface area contributed by atoms with Crippen LogP contribution in [0, 0.1) is 5.82 Å². The summed E-state index contributed by atoms with van der Waals surface area (Å²) in [6, 6.07) is 6.42. The second-order valence-corrected chi connectivity index (χ2v) is 4.07. The minimum absolute atomic E-state index is 0.0908. The molecule has 0 aromatic heterocycles. The first-order valence-corrected chi connectivity index (χ1v) is 5.41. The Morgan fingerprint density at radius 3 is 2.73 bits per heavy atom. The van der Waals surface area contributed by atoms with E-state index in [0.717, 1.165) is 31.5 Å². The van der Waals surface area contributed by atoms with Gasteiger partial charge in [0.25, 0.3) is 0 Å². The molecule has 1 heterocycles. The largest absolute Gasteiger partial charge is 0.392 e. The van der Waals surface area contributed by atoms with Crippen molar-refractivity contribution in [1.29, 1.82) is 0 Å². The zero-order chi connectivity index (χ0) is 10.7. The highest BCUT2D eigenvalue weighted by molar-refractivity contribution is 5.22. The standard InChI is InChI=1S/C12H16FNO/c13-10-5-3-9(4-6-10)11-8-14-7-1-2-12(11)15/h3-6,11-12,14-15H,1-2,7-8H2. The van der Waals surface area contributed by atoms with E-state index in [0.29, 0.717) is 0 Å². The Morgan fingerprint density at radius 1 is 1.27 bits per heavy atom. The van der Waals surface area contributed by atoms with Gasteiger partial charge in [-0.05, 0) is 37.1 Å². The molecule has 1 fully saturated rings. The lowest BCUT2D eigenvalue weighted by Gasteiger charge is -2.20. The van der Waals surface area contributed by atoms with E-state index in [1.165, 1.54) is 12.1 Å². The van der Waals surface area contributed by atoms with Gasteiger partial charge in [-0.2, -0.15) is 0 Å². The molecule has 2 nitrogen and oxygen atoms in total. The molecule has 1 aromatic rings. The van der Waals surface area contributed by atoms with Crippen molar-refractivity contribution in [1.82, 2.24) is 5.32 Å². The minimum atomic E-state index is -0.314. The molecule has 0 aliphatic carbocycles. The Kier molecular flexibility index (Phi) is 3.34. The van der Waals surface area contributed by atoms with Crippen LogP contribution in [0.25, 0.3) is 0 Å². The van der Waals surface area contributed by atoms with Crippen LogP contribution in [0.4, 0.5) is 4.39 Å². The van der Waals surface area contributed by atoms with Crippen LogP contribution < -0.4 is 5.32 Å². The molecule has 0 radical (unpaired) electrons. The van der Waals surface area contributed by atoms with Crippen LogP contribution in [0.1, 0.15) is 24.3 Å². The first-order valence-electron chi connectivity index (χ1n) is 5.41. The molecule has 0 saturated carbocycles. The topological polar surface area (TPSA) is 32.3 Å². The normalized spacial score (nSPS) is 27.3. The Balaban J connectivity index is 2.16. The first kappa shape index (κ1) is 10.6. The van der Waals surface area contributed by atoms with E-state index in [4.69, 9.17) is 0 Å². The lowest BCUT2D eigenvalue weighted by molar-refractivity contribution is 0.140. The molecule has 2 rings (SSSR count). The van der Waals surface area contributed by atoms with Crippen molar-refractivity contribution in [3.05, 3.63) is 35.6 Å². The third-order valence-electron chi connectivity index (χ3n) is 2.98. The highest BCUT2D eigenvalue weighted by Crippen LogP contribution is 2.24. The Bertz CT molecular complexity index is 312. The number of rotatable bonds is 1. The van der Waals surface area contributed by atoms with Crippen molar-refractivity contribution in [2.75, 3.05) is 13.1 Å². The minimum Gasteiger partial charge on any atom is -0.392 e. The smallest absolute Gasteiger partial charge is 0.123 e. The fraction of sp³-hybridized carbons (Fsp3) is 0.500. The van der Waals surface area contributed by atoms with E-state index in [1.807, 2.05) is 0 Å². The van der Waals surface area contributed by atoms with Gasteiger partial charge in [0.15, 0.2) is 0 Å². The van der Waals surface area contributed by atoms with E-state index in [-0.39, 0.29) is 17.8 Å². The lowest BCUT2D eigenvalue weighted by Crippen LogP contribution is -2.25. The number of halogens is 1. The number of aliphatic hydroxyl groups is 1. The average Bonchev–Trinajstić information content (AvgIpc) is 2.44. The van der Waals surface area contributed by atoms with Crippen LogP contribution in [-0.4, -0.2) is 24.3 Å². The maximum Gasteiger partial charge on any atom is 0.123 e. The van der Waals surface area contributed by atoms with Crippen LogP contribution >= 0.6 is 0 Å². The summed E-state index contributed by atoms with van der Waals surface area (Å²) in [4.78, 5) is 0. The SMILES string of the molecule is OC1CCCNCC1c1ccc(F)cc1. The molecule has 0 spiro atoms. The summed E-state index contributed by atoms with van der Waals surface area (Å²) in [5, 5.41) is 13.2. The number of aliphatic hydroxyl groups excluding tert-OH is 1. The second-order valence-electron chi connectivity index (χ2n) is 4.07. The summed E-state index contributed by atoms with van der Waals surface area (Å²) in [5.41, 5.74) is 1.01. The first-order chi connectivity index (χ1) is 7.27. The third-order valence-corrected chi connectivity index (χ3v) is 2.98. The van der Waals surface area contributed by atoms with E-state index in [9.17, 15) is 9.50 Å². The number of benzene rings is 1. The van der Waals surface area contributed by atoms with Crippen molar-refractivity contribution in [2.24, 2.45) is 0 Å². The van der Waals surface area contributed by atoms with Crippen LogP contribution in [0.15, 0.2) is 24.3 Å². The van der Waals surface area contributed by atoms with Crippen molar-refractivity contribution < 1.29 is 9.50 Å². The van der Waals surface area contributed by atoms with Crippen LogP contribution in [0.2, 0.25) is 0 Å². The highest BCUT2D eigenvalue weighted by Gasteiger charge is 2.22. The molecule has 2 N–H and O–H groups in total. The molecule has 82 valence electrons. The zero-order valence-corrected chi connectivity index (χ0v) is 8.62. The molecule has 2 atom stereocenters. The Morgan fingerprint density at radius 2 is 2.00 bits per heavy atom. The van der Waals surface area contributed by atoms with E-state index >= 15 is 0 Å². The molecule has 3 heteroatoms. The van der Waals surface area contributed by atoms with Crippen molar-refractivity contribution in [3.63, 3.8) is 0 Å². The fourth-order valence-electron chi connectivity index (χ4n) is 2.08. The van der Waals surface area contributed by atoms with Gasteiger partial charge < -0.3 is 10.4 Å². The molecule has 0 amide bonds. The predicted octanol–water partition coefficient (Wildman–Crippen LogP) is 1.65.